The molecule has 6 nitrogen and oxygen atoms in total. The molecule has 1 aliphatic rings. The zero-order valence-electron chi connectivity index (χ0n) is 13.7. The summed E-state index contributed by atoms with van der Waals surface area (Å²) in [6.45, 7) is 1.30. The fourth-order valence-corrected chi connectivity index (χ4v) is 2.57. The Morgan fingerprint density at radius 3 is 2.85 bits per heavy atom. The minimum Gasteiger partial charge on any atom is -0.376 e. The molecule has 138 valence electrons. The summed E-state index contributed by atoms with van der Waals surface area (Å²) >= 11 is 0. The van der Waals surface area contributed by atoms with E-state index in [0.717, 1.165) is 31.6 Å². The van der Waals surface area contributed by atoms with Gasteiger partial charge in [0.2, 0.25) is 0 Å². The van der Waals surface area contributed by atoms with Crippen LogP contribution in [-0.2, 0) is 10.9 Å². The van der Waals surface area contributed by atoms with E-state index >= 15 is 0 Å². The number of rotatable bonds is 5. The smallest absolute Gasteiger partial charge is 0.376 e. The first kappa shape index (κ1) is 18.1. The average Bonchev–Trinajstić information content (AvgIpc) is 3.13. The van der Waals surface area contributed by atoms with Gasteiger partial charge < -0.3 is 15.4 Å². The van der Waals surface area contributed by atoms with Gasteiger partial charge in [-0.25, -0.2) is 9.97 Å². The Bertz CT molecular complexity index is 777. The SMILES string of the molecule is O=C(Nc1cccc(C(F)(F)F)c1)c1cc(NCC2CCCO2)ncn1. The number of nitrogens with one attached hydrogen (secondary N) is 2. The van der Waals surface area contributed by atoms with Gasteiger partial charge in [0.1, 0.15) is 17.8 Å². The maximum absolute atomic E-state index is 12.7. The summed E-state index contributed by atoms with van der Waals surface area (Å²) in [6, 6.07) is 5.86. The molecule has 26 heavy (non-hydrogen) atoms. The Morgan fingerprint density at radius 1 is 1.27 bits per heavy atom. The number of carbonyl (C=O) groups excluding carboxylic acids is 1. The van der Waals surface area contributed by atoms with Crippen LogP contribution in [0.25, 0.3) is 0 Å². The van der Waals surface area contributed by atoms with Crippen LogP contribution in [0.5, 0.6) is 0 Å². The molecule has 0 spiro atoms. The van der Waals surface area contributed by atoms with E-state index in [2.05, 4.69) is 20.6 Å². The van der Waals surface area contributed by atoms with Gasteiger partial charge in [0.15, 0.2) is 0 Å². The Balaban J connectivity index is 1.65. The number of halogens is 3. The number of amides is 1. The topological polar surface area (TPSA) is 76.1 Å². The molecule has 0 aliphatic carbocycles. The van der Waals surface area contributed by atoms with E-state index in [1.54, 1.807) is 0 Å². The van der Waals surface area contributed by atoms with Crippen LogP contribution in [0.2, 0.25) is 0 Å². The second-order valence-corrected chi connectivity index (χ2v) is 5.84. The van der Waals surface area contributed by atoms with Crippen molar-refractivity contribution in [1.29, 1.82) is 0 Å². The van der Waals surface area contributed by atoms with Crippen LogP contribution in [0.1, 0.15) is 28.9 Å². The summed E-state index contributed by atoms with van der Waals surface area (Å²) in [6.07, 6.45) is -1.18. The van der Waals surface area contributed by atoms with Crippen LogP contribution >= 0.6 is 0 Å². The molecule has 2 N–H and O–H groups in total. The number of hydrogen-bond acceptors (Lipinski definition) is 5. The fraction of sp³-hybridized carbons (Fsp3) is 0.353. The third-order valence-corrected chi connectivity index (χ3v) is 3.88. The Morgan fingerprint density at radius 2 is 2.12 bits per heavy atom. The van der Waals surface area contributed by atoms with Crippen molar-refractivity contribution in [3.63, 3.8) is 0 Å². The van der Waals surface area contributed by atoms with Crippen molar-refractivity contribution in [3.8, 4) is 0 Å². The minimum atomic E-state index is -4.48. The van der Waals surface area contributed by atoms with Crippen molar-refractivity contribution in [1.82, 2.24) is 9.97 Å². The second kappa shape index (κ2) is 7.69. The molecule has 1 aromatic carbocycles. The molecule has 9 heteroatoms. The molecule has 3 rings (SSSR count). The third kappa shape index (κ3) is 4.69. The largest absolute Gasteiger partial charge is 0.416 e. The van der Waals surface area contributed by atoms with Gasteiger partial charge >= 0.3 is 6.18 Å². The number of anilines is 2. The van der Waals surface area contributed by atoms with Crippen molar-refractivity contribution in [2.45, 2.75) is 25.1 Å². The lowest BCUT2D eigenvalue weighted by Gasteiger charge is -2.12. The molecule has 1 aliphatic heterocycles. The molecule has 1 fully saturated rings. The number of benzene rings is 1. The van der Waals surface area contributed by atoms with Gasteiger partial charge in [0.25, 0.3) is 5.91 Å². The number of ether oxygens (including phenoxy) is 1. The van der Waals surface area contributed by atoms with Crippen LogP contribution in [-0.4, -0.2) is 35.1 Å². The lowest BCUT2D eigenvalue weighted by Crippen LogP contribution is -2.20. The van der Waals surface area contributed by atoms with E-state index in [0.29, 0.717) is 12.4 Å². The first-order valence-electron chi connectivity index (χ1n) is 8.08. The Hall–Kier alpha value is -2.68. The number of alkyl halides is 3. The number of aromatic nitrogens is 2. The van der Waals surface area contributed by atoms with E-state index in [-0.39, 0.29) is 17.5 Å². The third-order valence-electron chi connectivity index (χ3n) is 3.88. The van der Waals surface area contributed by atoms with Crippen molar-refractivity contribution in [3.05, 3.63) is 47.9 Å². The molecule has 1 aromatic heterocycles. The summed E-state index contributed by atoms with van der Waals surface area (Å²) in [5.74, 6) is -0.170. The first-order valence-corrected chi connectivity index (χ1v) is 8.08. The number of nitrogens with zero attached hydrogens (tertiary/aromatic N) is 2. The van der Waals surface area contributed by atoms with E-state index in [1.165, 1.54) is 24.5 Å². The van der Waals surface area contributed by atoms with Crippen LogP contribution in [0, 0.1) is 0 Å². The fourth-order valence-electron chi connectivity index (χ4n) is 2.57. The van der Waals surface area contributed by atoms with Crippen molar-refractivity contribution in [2.75, 3.05) is 23.8 Å². The molecule has 0 bridgehead atoms. The van der Waals surface area contributed by atoms with Gasteiger partial charge in [0, 0.05) is 24.9 Å². The second-order valence-electron chi connectivity index (χ2n) is 5.84. The van der Waals surface area contributed by atoms with Gasteiger partial charge in [-0.2, -0.15) is 13.2 Å². The molecule has 0 radical (unpaired) electrons. The lowest BCUT2D eigenvalue weighted by atomic mass is 10.2. The standard InChI is InChI=1S/C17H17F3N4O2/c18-17(19,20)11-3-1-4-12(7-11)24-16(25)14-8-15(23-10-22-14)21-9-13-5-2-6-26-13/h1,3-4,7-8,10,13H,2,5-6,9H2,(H,24,25)(H,21,22,23). The van der Waals surface area contributed by atoms with Crippen molar-refractivity contribution < 1.29 is 22.7 Å². The summed E-state index contributed by atoms with van der Waals surface area (Å²) in [4.78, 5) is 20.2. The van der Waals surface area contributed by atoms with Gasteiger partial charge in [-0.1, -0.05) is 6.07 Å². The molecule has 1 saturated heterocycles. The van der Waals surface area contributed by atoms with Crippen LogP contribution in [0.15, 0.2) is 36.7 Å². The highest BCUT2D eigenvalue weighted by atomic mass is 19.4. The zero-order chi connectivity index (χ0) is 18.6. The molecule has 1 unspecified atom stereocenters. The highest BCUT2D eigenvalue weighted by Gasteiger charge is 2.30. The van der Waals surface area contributed by atoms with Gasteiger partial charge in [-0.05, 0) is 31.0 Å². The normalized spacial score (nSPS) is 17.1. The molecule has 0 saturated carbocycles. The quantitative estimate of drug-likeness (QED) is 0.849. The predicted octanol–water partition coefficient (Wildman–Crippen LogP) is 3.34. The first-order chi connectivity index (χ1) is 12.4. The van der Waals surface area contributed by atoms with E-state index < -0.39 is 17.6 Å². The zero-order valence-corrected chi connectivity index (χ0v) is 13.7. The van der Waals surface area contributed by atoms with Gasteiger partial charge in [-0.3, -0.25) is 4.79 Å². The molecular formula is C17H17F3N4O2. The summed E-state index contributed by atoms with van der Waals surface area (Å²) in [7, 11) is 0. The highest BCUT2D eigenvalue weighted by molar-refractivity contribution is 6.03. The van der Waals surface area contributed by atoms with Crippen LogP contribution < -0.4 is 10.6 Å². The van der Waals surface area contributed by atoms with Gasteiger partial charge in [-0.15, -0.1) is 0 Å². The molecule has 2 heterocycles. The molecular weight excluding hydrogens is 349 g/mol. The molecule has 2 aromatic rings. The van der Waals surface area contributed by atoms with Crippen LogP contribution in [0.4, 0.5) is 24.7 Å². The summed E-state index contributed by atoms with van der Waals surface area (Å²) in [5, 5.41) is 5.48. The van der Waals surface area contributed by atoms with E-state index in [1.807, 2.05) is 0 Å². The summed E-state index contributed by atoms with van der Waals surface area (Å²) < 4.78 is 43.7. The maximum atomic E-state index is 12.7. The lowest BCUT2D eigenvalue weighted by molar-refractivity contribution is -0.137. The number of hydrogen-bond donors (Lipinski definition) is 2. The Labute approximate surface area is 147 Å². The number of carbonyl (C=O) groups is 1. The maximum Gasteiger partial charge on any atom is 0.416 e. The average molecular weight is 366 g/mol. The molecule has 1 amide bonds. The van der Waals surface area contributed by atoms with Crippen molar-refractivity contribution in [2.24, 2.45) is 0 Å². The van der Waals surface area contributed by atoms with Crippen LogP contribution in [0.3, 0.4) is 0 Å². The highest BCUT2D eigenvalue weighted by Crippen LogP contribution is 2.30. The predicted molar refractivity (Wildman–Crippen MR) is 88.9 cm³/mol. The monoisotopic (exact) mass is 366 g/mol. The van der Waals surface area contributed by atoms with Crippen molar-refractivity contribution >= 4 is 17.4 Å². The molecule has 1 atom stereocenters. The minimum absolute atomic E-state index is 0.0392. The van der Waals surface area contributed by atoms with Gasteiger partial charge in [0.05, 0.1) is 11.7 Å². The Kier molecular flexibility index (Phi) is 5.36. The van der Waals surface area contributed by atoms with E-state index in [9.17, 15) is 18.0 Å². The van der Waals surface area contributed by atoms with E-state index in [4.69, 9.17) is 4.74 Å². The summed E-state index contributed by atoms with van der Waals surface area (Å²) in [5.41, 5.74) is -0.749.